The molecule has 0 bridgehead atoms. The summed E-state index contributed by atoms with van der Waals surface area (Å²) < 4.78 is 16.2. The number of nitrogens with zero attached hydrogens (tertiary/aromatic N) is 2. The Hall–Kier alpha value is -3.65. The molecule has 1 amide bonds. The van der Waals surface area contributed by atoms with Gasteiger partial charge in [-0.2, -0.15) is 4.98 Å². The zero-order chi connectivity index (χ0) is 21.6. The summed E-state index contributed by atoms with van der Waals surface area (Å²) in [4.78, 5) is 17.9. The van der Waals surface area contributed by atoms with Crippen LogP contribution in [-0.2, 0) is 6.42 Å². The van der Waals surface area contributed by atoms with Crippen molar-refractivity contribution in [1.82, 2.24) is 15.5 Å². The topological polar surface area (TPSA) is 86.5 Å². The number of hydrogen-bond donors (Lipinski definition) is 1. The van der Waals surface area contributed by atoms with Gasteiger partial charge in [-0.1, -0.05) is 41.6 Å². The van der Waals surface area contributed by atoms with Crippen LogP contribution >= 0.6 is 11.3 Å². The van der Waals surface area contributed by atoms with Crippen LogP contribution in [0.2, 0.25) is 0 Å². The monoisotopic (exact) mass is 435 g/mol. The molecule has 2 heterocycles. The maximum atomic E-state index is 12.7. The molecule has 0 aliphatic heterocycles. The van der Waals surface area contributed by atoms with Gasteiger partial charge in [-0.25, -0.2) is 0 Å². The van der Waals surface area contributed by atoms with Crippen molar-refractivity contribution in [2.75, 3.05) is 14.2 Å². The Bertz CT molecular complexity index is 1120. The quantitative estimate of drug-likeness (QED) is 0.438. The smallest absolute Gasteiger partial charge is 0.262 e. The van der Waals surface area contributed by atoms with Gasteiger partial charge in [0.15, 0.2) is 0 Å². The average molecular weight is 436 g/mol. The summed E-state index contributed by atoms with van der Waals surface area (Å²) in [5.74, 6) is 1.76. The summed E-state index contributed by atoms with van der Waals surface area (Å²) in [6, 6.07) is 18.3. The number of carbonyl (C=O) groups is 1. The first kappa shape index (κ1) is 20.6. The van der Waals surface area contributed by atoms with E-state index >= 15 is 0 Å². The summed E-state index contributed by atoms with van der Waals surface area (Å²) in [6.45, 7) is 0. The summed E-state index contributed by atoms with van der Waals surface area (Å²) in [5, 5.41) is 9.01. The van der Waals surface area contributed by atoms with Gasteiger partial charge in [0.1, 0.15) is 17.5 Å². The molecule has 31 heavy (non-hydrogen) atoms. The van der Waals surface area contributed by atoms with E-state index in [1.807, 2.05) is 41.8 Å². The van der Waals surface area contributed by atoms with E-state index < -0.39 is 6.04 Å². The minimum absolute atomic E-state index is 0.182. The van der Waals surface area contributed by atoms with Gasteiger partial charge in [0.25, 0.3) is 5.91 Å². The molecule has 7 nitrogen and oxygen atoms in total. The van der Waals surface area contributed by atoms with Gasteiger partial charge in [0.05, 0.1) is 19.1 Å². The lowest BCUT2D eigenvalue weighted by Gasteiger charge is -2.14. The van der Waals surface area contributed by atoms with Crippen molar-refractivity contribution in [3.63, 3.8) is 0 Å². The highest BCUT2D eigenvalue weighted by molar-refractivity contribution is 7.12. The standard InChI is InChI=1S/C23H21N3O4S/c1-28-17-12-16(13-18(14-17)29-2)21-25-23(30-26-21)19(11-15-7-4-3-5-8-15)24-22(27)20-9-6-10-31-20/h3-10,12-14,19H,11H2,1-2H3,(H,24,27). The van der Waals surface area contributed by atoms with E-state index in [0.29, 0.717) is 40.1 Å². The Morgan fingerprint density at radius 2 is 1.81 bits per heavy atom. The fourth-order valence-corrected chi connectivity index (χ4v) is 3.74. The summed E-state index contributed by atoms with van der Waals surface area (Å²) in [5.41, 5.74) is 1.73. The lowest BCUT2D eigenvalue weighted by molar-refractivity contribution is 0.0932. The van der Waals surface area contributed by atoms with Crippen LogP contribution in [0.1, 0.15) is 27.2 Å². The van der Waals surface area contributed by atoms with E-state index in [1.54, 1.807) is 38.5 Å². The third kappa shape index (κ3) is 4.92. The van der Waals surface area contributed by atoms with Gasteiger partial charge in [-0.3, -0.25) is 4.79 Å². The van der Waals surface area contributed by atoms with Crippen LogP contribution in [-0.4, -0.2) is 30.3 Å². The van der Waals surface area contributed by atoms with Crippen LogP contribution in [0.3, 0.4) is 0 Å². The largest absolute Gasteiger partial charge is 0.497 e. The molecule has 1 unspecified atom stereocenters. The van der Waals surface area contributed by atoms with Crippen molar-refractivity contribution in [3.8, 4) is 22.9 Å². The van der Waals surface area contributed by atoms with Gasteiger partial charge in [0.2, 0.25) is 11.7 Å². The van der Waals surface area contributed by atoms with Crippen molar-refractivity contribution >= 4 is 17.2 Å². The van der Waals surface area contributed by atoms with Crippen molar-refractivity contribution in [3.05, 3.63) is 82.4 Å². The Morgan fingerprint density at radius 3 is 2.45 bits per heavy atom. The number of thiophene rings is 1. The van der Waals surface area contributed by atoms with E-state index in [-0.39, 0.29) is 5.91 Å². The molecular formula is C23H21N3O4S. The Labute approximate surface area is 183 Å². The van der Waals surface area contributed by atoms with Crippen LogP contribution in [0, 0.1) is 0 Å². The highest BCUT2D eigenvalue weighted by Crippen LogP contribution is 2.29. The van der Waals surface area contributed by atoms with Gasteiger partial charge in [-0.15, -0.1) is 11.3 Å². The number of amides is 1. The number of nitrogens with one attached hydrogen (secondary N) is 1. The SMILES string of the molecule is COc1cc(OC)cc(-c2noc(C(Cc3ccccc3)NC(=O)c3cccs3)n2)c1. The zero-order valence-corrected chi connectivity index (χ0v) is 17.9. The molecular weight excluding hydrogens is 414 g/mol. The Morgan fingerprint density at radius 1 is 1.06 bits per heavy atom. The molecule has 1 N–H and O–H groups in total. The number of aromatic nitrogens is 2. The first-order valence-electron chi connectivity index (χ1n) is 9.61. The van der Waals surface area contributed by atoms with E-state index in [4.69, 9.17) is 14.0 Å². The molecule has 0 saturated carbocycles. The second-order valence-electron chi connectivity index (χ2n) is 6.75. The molecule has 2 aromatic heterocycles. The van der Waals surface area contributed by atoms with Gasteiger partial charge < -0.3 is 19.3 Å². The lowest BCUT2D eigenvalue weighted by Crippen LogP contribution is -2.29. The highest BCUT2D eigenvalue weighted by atomic mass is 32.1. The first-order chi connectivity index (χ1) is 15.2. The molecule has 0 fully saturated rings. The van der Waals surface area contributed by atoms with Gasteiger partial charge in [0, 0.05) is 18.1 Å². The van der Waals surface area contributed by atoms with Crippen molar-refractivity contribution < 1.29 is 18.8 Å². The van der Waals surface area contributed by atoms with E-state index in [1.165, 1.54) is 11.3 Å². The molecule has 8 heteroatoms. The van der Waals surface area contributed by atoms with Crippen LogP contribution in [0.5, 0.6) is 11.5 Å². The summed E-state index contributed by atoms with van der Waals surface area (Å²) in [7, 11) is 3.16. The average Bonchev–Trinajstić information content (AvgIpc) is 3.51. The molecule has 1 atom stereocenters. The number of rotatable bonds is 8. The molecule has 4 aromatic rings. The Kier molecular flexibility index (Phi) is 6.28. The van der Waals surface area contributed by atoms with Crippen LogP contribution in [0.4, 0.5) is 0 Å². The predicted octanol–water partition coefficient (Wildman–Crippen LogP) is 4.53. The van der Waals surface area contributed by atoms with Crippen LogP contribution < -0.4 is 14.8 Å². The van der Waals surface area contributed by atoms with Crippen molar-refractivity contribution in [2.45, 2.75) is 12.5 Å². The number of carbonyl (C=O) groups excluding carboxylic acids is 1. The molecule has 0 radical (unpaired) electrons. The third-order valence-electron chi connectivity index (χ3n) is 4.68. The molecule has 0 aliphatic carbocycles. The fourth-order valence-electron chi connectivity index (χ4n) is 3.12. The van der Waals surface area contributed by atoms with Crippen LogP contribution in [0.25, 0.3) is 11.4 Å². The van der Waals surface area contributed by atoms with Gasteiger partial charge in [-0.05, 0) is 29.1 Å². The normalized spacial score (nSPS) is 11.7. The number of benzene rings is 2. The molecule has 0 spiro atoms. The maximum absolute atomic E-state index is 12.7. The number of hydrogen-bond acceptors (Lipinski definition) is 7. The summed E-state index contributed by atoms with van der Waals surface area (Å²) >= 11 is 1.38. The fraction of sp³-hybridized carbons (Fsp3) is 0.174. The van der Waals surface area contributed by atoms with Gasteiger partial charge >= 0.3 is 0 Å². The highest BCUT2D eigenvalue weighted by Gasteiger charge is 2.23. The molecule has 0 aliphatic rings. The second kappa shape index (κ2) is 9.44. The lowest BCUT2D eigenvalue weighted by atomic mass is 10.1. The molecule has 4 rings (SSSR count). The number of ether oxygens (including phenoxy) is 2. The van der Waals surface area contributed by atoms with Crippen molar-refractivity contribution in [2.24, 2.45) is 0 Å². The Balaban J connectivity index is 1.64. The first-order valence-corrected chi connectivity index (χ1v) is 10.5. The zero-order valence-electron chi connectivity index (χ0n) is 17.1. The van der Waals surface area contributed by atoms with E-state index in [9.17, 15) is 4.79 Å². The minimum Gasteiger partial charge on any atom is -0.497 e. The second-order valence-corrected chi connectivity index (χ2v) is 7.70. The summed E-state index contributed by atoms with van der Waals surface area (Å²) in [6.07, 6.45) is 0.515. The third-order valence-corrected chi connectivity index (χ3v) is 5.55. The number of methoxy groups -OCH3 is 2. The predicted molar refractivity (Wildman–Crippen MR) is 118 cm³/mol. The molecule has 2 aromatic carbocycles. The van der Waals surface area contributed by atoms with E-state index in [0.717, 1.165) is 5.56 Å². The van der Waals surface area contributed by atoms with E-state index in [2.05, 4.69) is 15.5 Å². The minimum atomic E-state index is -0.481. The maximum Gasteiger partial charge on any atom is 0.262 e. The molecule has 0 saturated heterocycles. The van der Waals surface area contributed by atoms with Crippen molar-refractivity contribution in [1.29, 1.82) is 0 Å². The van der Waals surface area contributed by atoms with Crippen LogP contribution in [0.15, 0.2) is 70.6 Å². The molecule has 158 valence electrons.